The van der Waals surface area contributed by atoms with Crippen molar-refractivity contribution in [3.05, 3.63) is 28.2 Å². The van der Waals surface area contributed by atoms with Crippen molar-refractivity contribution in [2.75, 3.05) is 0 Å². The lowest BCUT2D eigenvalue weighted by Crippen LogP contribution is -2.09. The lowest BCUT2D eigenvalue weighted by Gasteiger charge is -2.10. The Bertz CT molecular complexity index is 379. The molecule has 0 fully saturated rings. The molecule has 1 atom stereocenters. The molecular formula is C11H9BrO2. The zero-order chi connectivity index (χ0) is 10.6. The highest BCUT2D eigenvalue weighted by Crippen LogP contribution is 2.23. The van der Waals surface area contributed by atoms with Crippen LogP contribution in [0.4, 0.5) is 0 Å². The van der Waals surface area contributed by atoms with Crippen molar-refractivity contribution < 1.29 is 9.53 Å². The van der Waals surface area contributed by atoms with E-state index < -0.39 is 0 Å². The van der Waals surface area contributed by atoms with Gasteiger partial charge in [-0.2, -0.15) is 0 Å². The topological polar surface area (TPSA) is 26.3 Å². The Morgan fingerprint density at radius 2 is 2.36 bits per heavy atom. The van der Waals surface area contributed by atoms with Gasteiger partial charge in [0.05, 0.1) is 5.56 Å². The molecule has 0 aliphatic heterocycles. The molecule has 1 unspecified atom stereocenters. The van der Waals surface area contributed by atoms with Crippen LogP contribution in [0.3, 0.4) is 0 Å². The van der Waals surface area contributed by atoms with Crippen molar-refractivity contribution in [2.45, 2.75) is 13.0 Å². The number of ether oxygens (including phenoxy) is 1. The first kappa shape index (κ1) is 10.8. The van der Waals surface area contributed by atoms with E-state index >= 15 is 0 Å². The molecule has 1 aromatic carbocycles. The first-order valence-corrected chi connectivity index (χ1v) is 4.84. The maximum atomic E-state index is 10.7. The molecule has 0 bridgehead atoms. The van der Waals surface area contributed by atoms with E-state index in [1.807, 2.05) is 0 Å². The SMILES string of the molecule is C#CC(C)Oc1cc(Br)ccc1C=O. The molecule has 0 aromatic heterocycles. The van der Waals surface area contributed by atoms with Crippen LogP contribution in [-0.2, 0) is 0 Å². The largest absolute Gasteiger partial charge is 0.477 e. The second kappa shape index (κ2) is 4.83. The number of carbonyl (C=O) groups is 1. The van der Waals surface area contributed by atoms with E-state index in [1.54, 1.807) is 25.1 Å². The van der Waals surface area contributed by atoms with Gasteiger partial charge in [0.1, 0.15) is 5.75 Å². The maximum absolute atomic E-state index is 10.7. The van der Waals surface area contributed by atoms with Gasteiger partial charge in [0, 0.05) is 4.47 Å². The van der Waals surface area contributed by atoms with E-state index in [2.05, 4.69) is 21.9 Å². The molecule has 14 heavy (non-hydrogen) atoms. The van der Waals surface area contributed by atoms with Crippen molar-refractivity contribution in [3.63, 3.8) is 0 Å². The van der Waals surface area contributed by atoms with Gasteiger partial charge >= 0.3 is 0 Å². The Morgan fingerprint density at radius 1 is 1.64 bits per heavy atom. The number of hydrogen-bond donors (Lipinski definition) is 0. The minimum Gasteiger partial charge on any atom is -0.477 e. The summed E-state index contributed by atoms with van der Waals surface area (Å²) in [5.41, 5.74) is 0.496. The third kappa shape index (κ3) is 2.61. The van der Waals surface area contributed by atoms with Crippen LogP contribution >= 0.6 is 15.9 Å². The van der Waals surface area contributed by atoms with Crippen molar-refractivity contribution in [1.82, 2.24) is 0 Å². The van der Waals surface area contributed by atoms with E-state index in [4.69, 9.17) is 11.2 Å². The summed E-state index contributed by atoms with van der Waals surface area (Å²) >= 11 is 3.29. The normalized spacial score (nSPS) is 11.5. The number of benzene rings is 1. The number of halogens is 1. The lowest BCUT2D eigenvalue weighted by molar-refractivity contribution is 0.111. The molecule has 3 heteroatoms. The molecule has 0 saturated heterocycles. The zero-order valence-electron chi connectivity index (χ0n) is 7.66. The molecule has 0 amide bonds. The summed E-state index contributed by atoms with van der Waals surface area (Å²) in [5, 5.41) is 0. The van der Waals surface area contributed by atoms with Gasteiger partial charge in [-0.05, 0) is 25.1 Å². The highest BCUT2D eigenvalue weighted by Gasteiger charge is 2.06. The molecule has 72 valence electrons. The highest BCUT2D eigenvalue weighted by atomic mass is 79.9. The summed E-state index contributed by atoms with van der Waals surface area (Å²) in [6, 6.07) is 5.17. The summed E-state index contributed by atoms with van der Waals surface area (Å²) in [7, 11) is 0. The molecule has 0 spiro atoms. The summed E-state index contributed by atoms with van der Waals surface area (Å²) in [5.74, 6) is 2.93. The summed E-state index contributed by atoms with van der Waals surface area (Å²) in [4.78, 5) is 10.7. The van der Waals surface area contributed by atoms with Gasteiger partial charge in [0.25, 0.3) is 0 Å². The average molecular weight is 253 g/mol. The Labute approximate surface area is 91.4 Å². The average Bonchev–Trinajstić information content (AvgIpc) is 2.18. The molecule has 0 aliphatic carbocycles. The summed E-state index contributed by atoms with van der Waals surface area (Å²) in [6.45, 7) is 1.75. The van der Waals surface area contributed by atoms with Crippen LogP contribution < -0.4 is 4.74 Å². The van der Waals surface area contributed by atoms with Crippen LogP contribution in [0, 0.1) is 12.3 Å². The van der Waals surface area contributed by atoms with Crippen LogP contribution in [0.25, 0.3) is 0 Å². The number of rotatable bonds is 3. The van der Waals surface area contributed by atoms with Gasteiger partial charge in [-0.25, -0.2) is 0 Å². The molecule has 1 rings (SSSR count). The number of carbonyl (C=O) groups excluding carboxylic acids is 1. The number of hydrogen-bond acceptors (Lipinski definition) is 2. The lowest BCUT2D eigenvalue weighted by atomic mass is 10.2. The van der Waals surface area contributed by atoms with Gasteiger partial charge in [-0.3, -0.25) is 4.79 Å². The second-order valence-electron chi connectivity index (χ2n) is 2.73. The highest BCUT2D eigenvalue weighted by molar-refractivity contribution is 9.10. The molecule has 1 aromatic rings. The van der Waals surface area contributed by atoms with E-state index in [1.165, 1.54) is 0 Å². The molecule has 0 N–H and O–H groups in total. The first-order chi connectivity index (χ1) is 6.67. The van der Waals surface area contributed by atoms with Gasteiger partial charge in [-0.15, -0.1) is 6.42 Å². The Morgan fingerprint density at radius 3 is 2.93 bits per heavy atom. The van der Waals surface area contributed by atoms with Gasteiger partial charge in [-0.1, -0.05) is 21.9 Å². The third-order valence-corrected chi connectivity index (χ3v) is 2.13. The molecule has 2 nitrogen and oxygen atoms in total. The van der Waals surface area contributed by atoms with Crippen molar-refractivity contribution in [3.8, 4) is 18.1 Å². The molecule has 0 aliphatic rings. The first-order valence-electron chi connectivity index (χ1n) is 4.05. The monoisotopic (exact) mass is 252 g/mol. The fourth-order valence-corrected chi connectivity index (χ4v) is 1.27. The van der Waals surface area contributed by atoms with Crippen molar-refractivity contribution in [2.24, 2.45) is 0 Å². The number of terminal acetylenes is 1. The van der Waals surface area contributed by atoms with E-state index in [-0.39, 0.29) is 6.10 Å². The maximum Gasteiger partial charge on any atom is 0.156 e. The van der Waals surface area contributed by atoms with Gasteiger partial charge in [0.2, 0.25) is 0 Å². The summed E-state index contributed by atoms with van der Waals surface area (Å²) < 4.78 is 6.22. The Balaban J connectivity index is 3.00. The molecular weight excluding hydrogens is 244 g/mol. The van der Waals surface area contributed by atoms with Crippen LogP contribution in [0.5, 0.6) is 5.75 Å². The van der Waals surface area contributed by atoms with Crippen LogP contribution in [0.1, 0.15) is 17.3 Å². The smallest absolute Gasteiger partial charge is 0.156 e. The van der Waals surface area contributed by atoms with E-state index in [0.717, 1.165) is 10.8 Å². The minimum atomic E-state index is -0.344. The predicted molar refractivity (Wildman–Crippen MR) is 58.5 cm³/mol. The van der Waals surface area contributed by atoms with E-state index in [0.29, 0.717) is 11.3 Å². The van der Waals surface area contributed by atoms with Crippen LogP contribution in [0.2, 0.25) is 0 Å². The third-order valence-electron chi connectivity index (χ3n) is 1.64. The van der Waals surface area contributed by atoms with Crippen molar-refractivity contribution in [1.29, 1.82) is 0 Å². The minimum absolute atomic E-state index is 0.344. The molecule has 0 saturated carbocycles. The molecule has 0 radical (unpaired) electrons. The van der Waals surface area contributed by atoms with Crippen LogP contribution in [-0.4, -0.2) is 12.4 Å². The standard InChI is InChI=1S/C11H9BrO2/c1-3-8(2)14-11-6-10(12)5-4-9(11)7-13/h1,4-8H,2H3. The van der Waals surface area contributed by atoms with Crippen molar-refractivity contribution >= 4 is 22.2 Å². The Hall–Kier alpha value is -1.27. The quantitative estimate of drug-likeness (QED) is 0.611. The predicted octanol–water partition coefficient (Wildman–Crippen LogP) is 2.66. The fraction of sp³-hybridized carbons (Fsp3) is 0.182. The Kier molecular flexibility index (Phi) is 3.73. The summed E-state index contributed by atoms with van der Waals surface area (Å²) in [6.07, 6.45) is 5.57. The number of aldehydes is 1. The van der Waals surface area contributed by atoms with Gasteiger partial charge < -0.3 is 4.74 Å². The zero-order valence-corrected chi connectivity index (χ0v) is 9.24. The van der Waals surface area contributed by atoms with Crippen LogP contribution in [0.15, 0.2) is 22.7 Å². The fourth-order valence-electron chi connectivity index (χ4n) is 0.932. The van der Waals surface area contributed by atoms with Gasteiger partial charge in [0.15, 0.2) is 12.4 Å². The van der Waals surface area contributed by atoms with E-state index in [9.17, 15) is 4.79 Å². The second-order valence-corrected chi connectivity index (χ2v) is 3.64. The molecule has 0 heterocycles.